The monoisotopic (exact) mass is 172 g/mol. The minimum Gasteiger partial charge on any atom is -0.385 e. The second-order valence-electron chi connectivity index (χ2n) is 2.87. The Labute approximate surface area is 73.1 Å². The molecule has 0 aliphatic heterocycles. The number of ketones is 2. The van der Waals surface area contributed by atoms with E-state index in [4.69, 9.17) is 4.74 Å². The molecular weight excluding hydrogens is 156 g/mol. The normalized spacial score (nSPS) is 9.83. The molecular formula is C9H16O3. The molecule has 0 aliphatic carbocycles. The summed E-state index contributed by atoms with van der Waals surface area (Å²) in [7, 11) is 1.64. The molecule has 0 spiro atoms. The van der Waals surface area contributed by atoms with Crippen LogP contribution in [0, 0.1) is 0 Å². The van der Waals surface area contributed by atoms with E-state index in [-0.39, 0.29) is 18.0 Å². The Balaban J connectivity index is 3.26. The van der Waals surface area contributed by atoms with Crippen LogP contribution in [0.3, 0.4) is 0 Å². The van der Waals surface area contributed by atoms with Gasteiger partial charge in [-0.15, -0.1) is 0 Å². The fourth-order valence-corrected chi connectivity index (χ4v) is 0.935. The fraction of sp³-hybridized carbons (Fsp3) is 0.778. The Morgan fingerprint density at radius 2 is 1.92 bits per heavy atom. The summed E-state index contributed by atoms with van der Waals surface area (Å²) in [6.07, 6.45) is 2.30. The topological polar surface area (TPSA) is 43.4 Å². The largest absolute Gasteiger partial charge is 0.385 e. The summed E-state index contributed by atoms with van der Waals surface area (Å²) in [4.78, 5) is 21.5. The molecule has 0 fully saturated rings. The van der Waals surface area contributed by atoms with Crippen LogP contribution in [-0.2, 0) is 14.3 Å². The van der Waals surface area contributed by atoms with Crippen LogP contribution in [0.25, 0.3) is 0 Å². The standard InChI is InChI=1S/C9H16O3/c1-8(10)7-9(11)5-3-4-6-12-2/h3-7H2,1-2H3. The number of rotatable bonds is 7. The molecule has 0 atom stereocenters. The van der Waals surface area contributed by atoms with Crippen molar-refractivity contribution in [3.05, 3.63) is 0 Å². The van der Waals surface area contributed by atoms with Gasteiger partial charge in [-0.25, -0.2) is 0 Å². The summed E-state index contributed by atoms with van der Waals surface area (Å²) in [6, 6.07) is 0. The molecule has 0 unspecified atom stereocenters. The third-order valence-corrected chi connectivity index (χ3v) is 1.50. The van der Waals surface area contributed by atoms with Gasteiger partial charge in [0.25, 0.3) is 0 Å². The van der Waals surface area contributed by atoms with Gasteiger partial charge in [0.15, 0.2) is 0 Å². The van der Waals surface area contributed by atoms with E-state index >= 15 is 0 Å². The Bertz CT molecular complexity index is 152. The zero-order valence-corrected chi connectivity index (χ0v) is 7.76. The molecule has 0 aromatic carbocycles. The van der Waals surface area contributed by atoms with Crippen molar-refractivity contribution in [2.75, 3.05) is 13.7 Å². The summed E-state index contributed by atoms with van der Waals surface area (Å²) < 4.78 is 4.83. The van der Waals surface area contributed by atoms with Crippen molar-refractivity contribution >= 4 is 11.6 Å². The van der Waals surface area contributed by atoms with Crippen molar-refractivity contribution in [1.82, 2.24) is 0 Å². The van der Waals surface area contributed by atoms with Crippen LogP contribution in [0.1, 0.15) is 32.6 Å². The number of carbonyl (C=O) groups is 2. The molecule has 70 valence electrons. The van der Waals surface area contributed by atoms with E-state index in [9.17, 15) is 9.59 Å². The molecule has 0 aliphatic rings. The molecule has 0 aromatic rings. The number of carbonyl (C=O) groups excluding carboxylic acids is 2. The predicted octanol–water partition coefficient (Wildman–Crippen LogP) is 1.35. The van der Waals surface area contributed by atoms with E-state index in [1.165, 1.54) is 6.92 Å². The smallest absolute Gasteiger partial charge is 0.140 e. The number of Topliss-reactive ketones (excluding diaryl/α,β-unsaturated/α-hetero) is 2. The maximum absolute atomic E-state index is 11.0. The average molecular weight is 172 g/mol. The van der Waals surface area contributed by atoms with E-state index in [0.29, 0.717) is 13.0 Å². The first-order valence-electron chi connectivity index (χ1n) is 4.17. The molecule has 0 bridgehead atoms. The Morgan fingerprint density at radius 3 is 2.42 bits per heavy atom. The predicted molar refractivity (Wildman–Crippen MR) is 46.0 cm³/mol. The number of hydrogen-bond donors (Lipinski definition) is 0. The second-order valence-corrected chi connectivity index (χ2v) is 2.87. The number of hydrogen-bond acceptors (Lipinski definition) is 3. The number of methoxy groups -OCH3 is 1. The van der Waals surface area contributed by atoms with Gasteiger partial charge in [0.05, 0.1) is 6.42 Å². The van der Waals surface area contributed by atoms with Gasteiger partial charge in [-0.3, -0.25) is 9.59 Å². The zero-order chi connectivity index (χ0) is 9.40. The highest BCUT2D eigenvalue weighted by atomic mass is 16.5. The molecule has 0 rings (SSSR count). The van der Waals surface area contributed by atoms with Crippen LogP contribution < -0.4 is 0 Å². The molecule has 0 saturated heterocycles. The van der Waals surface area contributed by atoms with Gasteiger partial charge >= 0.3 is 0 Å². The van der Waals surface area contributed by atoms with Gasteiger partial charge in [0, 0.05) is 20.1 Å². The first kappa shape index (κ1) is 11.3. The van der Waals surface area contributed by atoms with E-state index < -0.39 is 0 Å². The van der Waals surface area contributed by atoms with Crippen LogP contribution in [-0.4, -0.2) is 25.3 Å². The molecule has 0 heterocycles. The lowest BCUT2D eigenvalue weighted by molar-refractivity contribution is -0.125. The Hall–Kier alpha value is -0.700. The van der Waals surface area contributed by atoms with Gasteiger partial charge < -0.3 is 4.74 Å². The second kappa shape index (κ2) is 6.98. The minimum absolute atomic E-state index is 0.0404. The van der Waals surface area contributed by atoms with Gasteiger partial charge in [0.1, 0.15) is 11.6 Å². The maximum atomic E-state index is 11.0. The molecule has 0 aromatic heterocycles. The van der Waals surface area contributed by atoms with Gasteiger partial charge in [0.2, 0.25) is 0 Å². The van der Waals surface area contributed by atoms with Crippen LogP contribution in [0.2, 0.25) is 0 Å². The Morgan fingerprint density at radius 1 is 1.25 bits per heavy atom. The minimum atomic E-state index is -0.0493. The SMILES string of the molecule is COCCCCC(=O)CC(C)=O. The quantitative estimate of drug-likeness (QED) is 0.430. The third kappa shape index (κ3) is 7.41. The van der Waals surface area contributed by atoms with E-state index in [2.05, 4.69) is 0 Å². The van der Waals surface area contributed by atoms with Crippen molar-refractivity contribution < 1.29 is 14.3 Å². The summed E-state index contributed by atoms with van der Waals surface area (Å²) in [5.74, 6) is -0.00894. The van der Waals surface area contributed by atoms with Crippen LogP contribution >= 0.6 is 0 Å². The zero-order valence-electron chi connectivity index (χ0n) is 7.76. The molecule has 0 N–H and O–H groups in total. The molecule has 0 amide bonds. The van der Waals surface area contributed by atoms with Gasteiger partial charge in [-0.2, -0.15) is 0 Å². The lowest BCUT2D eigenvalue weighted by Gasteiger charge is -1.98. The highest BCUT2D eigenvalue weighted by molar-refractivity contribution is 5.97. The first-order valence-corrected chi connectivity index (χ1v) is 4.17. The molecule has 0 saturated carbocycles. The highest BCUT2D eigenvalue weighted by Crippen LogP contribution is 1.99. The van der Waals surface area contributed by atoms with Crippen molar-refractivity contribution in [3.8, 4) is 0 Å². The summed E-state index contributed by atoms with van der Waals surface area (Å²) in [5.41, 5.74) is 0. The van der Waals surface area contributed by atoms with Gasteiger partial charge in [-0.1, -0.05) is 0 Å². The van der Waals surface area contributed by atoms with Crippen LogP contribution in [0.5, 0.6) is 0 Å². The van der Waals surface area contributed by atoms with E-state index in [0.717, 1.165) is 12.8 Å². The molecule has 3 heteroatoms. The maximum Gasteiger partial charge on any atom is 0.140 e. The van der Waals surface area contributed by atoms with Crippen molar-refractivity contribution in [2.24, 2.45) is 0 Å². The van der Waals surface area contributed by atoms with Crippen molar-refractivity contribution in [1.29, 1.82) is 0 Å². The third-order valence-electron chi connectivity index (χ3n) is 1.50. The van der Waals surface area contributed by atoms with Crippen molar-refractivity contribution in [3.63, 3.8) is 0 Å². The van der Waals surface area contributed by atoms with Gasteiger partial charge in [-0.05, 0) is 19.8 Å². The summed E-state index contributed by atoms with van der Waals surface area (Å²) in [6.45, 7) is 2.13. The molecule has 12 heavy (non-hydrogen) atoms. The highest BCUT2D eigenvalue weighted by Gasteiger charge is 2.03. The number of unbranched alkanes of at least 4 members (excludes halogenated alkanes) is 1. The van der Waals surface area contributed by atoms with E-state index in [1.54, 1.807) is 7.11 Å². The fourth-order valence-electron chi connectivity index (χ4n) is 0.935. The van der Waals surface area contributed by atoms with Crippen molar-refractivity contribution in [2.45, 2.75) is 32.6 Å². The van der Waals surface area contributed by atoms with E-state index in [1.807, 2.05) is 0 Å². The van der Waals surface area contributed by atoms with Crippen LogP contribution in [0.15, 0.2) is 0 Å². The average Bonchev–Trinajstić information content (AvgIpc) is 1.97. The molecule has 0 radical (unpaired) electrons. The summed E-state index contributed by atoms with van der Waals surface area (Å²) >= 11 is 0. The molecule has 3 nitrogen and oxygen atoms in total. The Kier molecular flexibility index (Phi) is 6.57. The van der Waals surface area contributed by atoms with Crippen LogP contribution in [0.4, 0.5) is 0 Å². The number of ether oxygens (including phenoxy) is 1. The summed E-state index contributed by atoms with van der Waals surface area (Å²) in [5, 5.41) is 0. The first-order chi connectivity index (χ1) is 5.66. The lowest BCUT2D eigenvalue weighted by atomic mass is 10.1. The lowest BCUT2D eigenvalue weighted by Crippen LogP contribution is -2.04.